The van der Waals surface area contributed by atoms with E-state index in [9.17, 15) is 9.59 Å². The summed E-state index contributed by atoms with van der Waals surface area (Å²) < 4.78 is 6.90. The highest BCUT2D eigenvalue weighted by molar-refractivity contribution is 6.34. The Kier molecular flexibility index (Phi) is 4.48. The van der Waals surface area contributed by atoms with E-state index in [1.807, 2.05) is 47.9 Å². The van der Waals surface area contributed by atoms with Gasteiger partial charge in [0.2, 0.25) is 5.78 Å². The number of ketones is 1. The third kappa shape index (κ3) is 2.70. The van der Waals surface area contributed by atoms with Crippen LogP contribution in [0.5, 0.6) is 0 Å². The first kappa shape index (κ1) is 14.2. The van der Waals surface area contributed by atoms with Crippen molar-refractivity contribution in [2.75, 3.05) is 13.7 Å². The summed E-state index contributed by atoms with van der Waals surface area (Å²) in [7, 11) is 1.61. The van der Waals surface area contributed by atoms with E-state index in [-0.39, 0.29) is 0 Å². The van der Waals surface area contributed by atoms with Crippen molar-refractivity contribution < 1.29 is 14.3 Å². The van der Waals surface area contributed by atoms with Crippen molar-refractivity contribution in [3.8, 4) is 11.1 Å². The fraction of sp³-hybridized carbons (Fsp3) is 0.250. The minimum absolute atomic E-state index is 0.366. The van der Waals surface area contributed by atoms with Crippen molar-refractivity contribution in [3.05, 3.63) is 47.8 Å². The van der Waals surface area contributed by atoms with Crippen LogP contribution < -0.4 is 0 Å². The van der Waals surface area contributed by atoms with Crippen LogP contribution in [0.25, 0.3) is 11.1 Å². The van der Waals surface area contributed by atoms with Crippen LogP contribution in [-0.4, -0.2) is 30.4 Å². The van der Waals surface area contributed by atoms with Crippen molar-refractivity contribution in [2.45, 2.75) is 13.5 Å². The summed E-state index contributed by atoms with van der Waals surface area (Å²) in [6.07, 6.45) is 0.366. The zero-order valence-electron chi connectivity index (χ0n) is 11.6. The van der Waals surface area contributed by atoms with E-state index in [0.717, 1.165) is 16.8 Å². The lowest BCUT2D eigenvalue weighted by Crippen LogP contribution is -2.15. The number of aromatic nitrogens is 1. The summed E-state index contributed by atoms with van der Waals surface area (Å²) in [6.45, 7) is 2.96. The van der Waals surface area contributed by atoms with Gasteiger partial charge in [-0.05, 0) is 18.6 Å². The molecule has 0 fully saturated rings. The average molecular weight is 271 g/mol. The van der Waals surface area contributed by atoms with E-state index in [2.05, 4.69) is 0 Å². The van der Waals surface area contributed by atoms with Crippen molar-refractivity contribution in [1.82, 2.24) is 4.57 Å². The maximum Gasteiger partial charge on any atom is 0.242 e. The molecule has 0 aliphatic carbocycles. The molecule has 104 valence electrons. The normalized spacial score (nSPS) is 10.5. The molecule has 0 N–H and O–H groups in total. The van der Waals surface area contributed by atoms with Gasteiger partial charge in [0.25, 0.3) is 0 Å². The van der Waals surface area contributed by atoms with Gasteiger partial charge in [-0.3, -0.25) is 9.59 Å². The number of hydrogen-bond donors (Lipinski definition) is 0. The molecule has 0 aliphatic rings. The fourth-order valence-corrected chi connectivity index (χ4v) is 2.31. The highest BCUT2D eigenvalue weighted by atomic mass is 16.5. The molecule has 0 saturated carbocycles. The van der Waals surface area contributed by atoms with Crippen LogP contribution in [0.4, 0.5) is 0 Å². The molecule has 2 rings (SSSR count). The topological polar surface area (TPSA) is 48.3 Å². The minimum atomic E-state index is -0.506. The third-order valence-corrected chi connectivity index (χ3v) is 3.25. The predicted molar refractivity (Wildman–Crippen MR) is 76.9 cm³/mol. The molecule has 20 heavy (non-hydrogen) atoms. The zero-order chi connectivity index (χ0) is 14.5. The fourth-order valence-electron chi connectivity index (χ4n) is 2.31. The van der Waals surface area contributed by atoms with Crippen LogP contribution in [0.2, 0.25) is 0 Å². The summed E-state index contributed by atoms with van der Waals surface area (Å²) in [5.41, 5.74) is 3.08. The zero-order valence-corrected chi connectivity index (χ0v) is 11.6. The number of benzene rings is 1. The van der Waals surface area contributed by atoms with Crippen molar-refractivity contribution >= 4 is 12.1 Å². The van der Waals surface area contributed by atoms with Crippen LogP contribution in [0.1, 0.15) is 16.2 Å². The highest BCUT2D eigenvalue weighted by Crippen LogP contribution is 2.27. The standard InChI is InChI=1S/C16H17NO3/c1-12-10-14(13-6-4-3-5-7-13)16(15(19)11-18)17(12)8-9-20-2/h3-7,10-11H,8-9H2,1-2H3. The molecule has 1 heterocycles. The molecule has 0 bridgehead atoms. The number of aryl methyl sites for hydroxylation is 1. The maximum absolute atomic E-state index is 12.0. The van der Waals surface area contributed by atoms with Gasteiger partial charge >= 0.3 is 0 Å². The average Bonchev–Trinajstić information content (AvgIpc) is 2.82. The van der Waals surface area contributed by atoms with E-state index >= 15 is 0 Å². The number of rotatable bonds is 6. The number of carbonyl (C=O) groups excluding carboxylic acids is 2. The number of ether oxygens (including phenoxy) is 1. The van der Waals surface area contributed by atoms with Crippen LogP contribution in [0.15, 0.2) is 36.4 Å². The highest BCUT2D eigenvalue weighted by Gasteiger charge is 2.19. The lowest BCUT2D eigenvalue weighted by atomic mass is 10.0. The Morgan fingerprint density at radius 3 is 2.60 bits per heavy atom. The second kappa shape index (κ2) is 6.30. The minimum Gasteiger partial charge on any atom is -0.383 e. The Bertz CT molecular complexity index is 614. The van der Waals surface area contributed by atoms with Crippen molar-refractivity contribution in [2.24, 2.45) is 0 Å². The molecule has 0 spiro atoms. The summed E-state index contributed by atoms with van der Waals surface area (Å²) >= 11 is 0. The van der Waals surface area contributed by atoms with Gasteiger partial charge in [0.05, 0.1) is 6.61 Å². The second-order valence-electron chi connectivity index (χ2n) is 4.54. The summed E-state index contributed by atoms with van der Waals surface area (Å²) in [5.74, 6) is -0.506. The molecular weight excluding hydrogens is 254 g/mol. The first-order valence-electron chi connectivity index (χ1n) is 6.43. The third-order valence-electron chi connectivity index (χ3n) is 3.25. The largest absolute Gasteiger partial charge is 0.383 e. The Morgan fingerprint density at radius 2 is 2.00 bits per heavy atom. The van der Waals surface area contributed by atoms with Gasteiger partial charge < -0.3 is 9.30 Å². The van der Waals surface area contributed by atoms with Gasteiger partial charge in [0.15, 0.2) is 6.29 Å². The van der Waals surface area contributed by atoms with Crippen molar-refractivity contribution in [1.29, 1.82) is 0 Å². The van der Waals surface area contributed by atoms with E-state index in [4.69, 9.17) is 4.74 Å². The molecule has 0 atom stereocenters. The molecule has 0 unspecified atom stereocenters. The molecule has 4 nitrogen and oxygen atoms in total. The summed E-state index contributed by atoms with van der Waals surface area (Å²) in [6, 6.07) is 11.5. The molecule has 0 radical (unpaired) electrons. The first-order chi connectivity index (χ1) is 9.69. The molecule has 2 aromatic rings. The van der Waals surface area contributed by atoms with Crippen molar-refractivity contribution in [3.63, 3.8) is 0 Å². The van der Waals surface area contributed by atoms with E-state index in [1.165, 1.54) is 0 Å². The quantitative estimate of drug-likeness (QED) is 0.461. The maximum atomic E-state index is 12.0. The Balaban J connectivity index is 2.57. The SMILES string of the molecule is COCCn1c(C)cc(-c2ccccc2)c1C(=O)C=O. The molecule has 4 heteroatoms. The molecule has 1 aromatic carbocycles. The van der Waals surface area contributed by atoms with Gasteiger partial charge in [0, 0.05) is 24.9 Å². The molecule has 0 aliphatic heterocycles. The van der Waals surface area contributed by atoms with Crippen LogP contribution >= 0.6 is 0 Å². The smallest absolute Gasteiger partial charge is 0.242 e. The van der Waals surface area contributed by atoms with Gasteiger partial charge in [-0.25, -0.2) is 0 Å². The predicted octanol–water partition coefficient (Wildman–Crippen LogP) is 2.49. The molecule has 0 amide bonds. The first-order valence-corrected chi connectivity index (χ1v) is 6.43. The lowest BCUT2D eigenvalue weighted by molar-refractivity contribution is -0.104. The lowest BCUT2D eigenvalue weighted by Gasteiger charge is -2.10. The molecular formula is C16H17NO3. The number of methoxy groups -OCH3 is 1. The number of Topliss-reactive ketones (excluding diaryl/α,β-unsaturated/α-hetero) is 1. The number of nitrogens with zero attached hydrogens (tertiary/aromatic N) is 1. The number of hydrogen-bond acceptors (Lipinski definition) is 3. The van der Waals surface area contributed by atoms with E-state index in [0.29, 0.717) is 25.1 Å². The van der Waals surface area contributed by atoms with E-state index in [1.54, 1.807) is 7.11 Å². The van der Waals surface area contributed by atoms with Gasteiger partial charge in [0.1, 0.15) is 5.69 Å². The number of carbonyl (C=O) groups is 2. The molecule has 0 saturated heterocycles. The van der Waals surface area contributed by atoms with Crippen LogP contribution in [0.3, 0.4) is 0 Å². The monoisotopic (exact) mass is 271 g/mol. The van der Waals surface area contributed by atoms with Crippen LogP contribution in [-0.2, 0) is 16.1 Å². The van der Waals surface area contributed by atoms with Gasteiger partial charge in [-0.1, -0.05) is 30.3 Å². The van der Waals surface area contributed by atoms with Gasteiger partial charge in [-0.2, -0.15) is 0 Å². The van der Waals surface area contributed by atoms with Crippen LogP contribution in [0, 0.1) is 6.92 Å². The Morgan fingerprint density at radius 1 is 1.30 bits per heavy atom. The van der Waals surface area contributed by atoms with E-state index < -0.39 is 5.78 Å². The summed E-state index contributed by atoms with van der Waals surface area (Å²) in [4.78, 5) is 22.9. The Hall–Kier alpha value is -2.20. The summed E-state index contributed by atoms with van der Waals surface area (Å²) in [5, 5.41) is 0. The Labute approximate surface area is 118 Å². The molecule has 1 aromatic heterocycles. The second-order valence-corrected chi connectivity index (χ2v) is 4.54. The van der Waals surface area contributed by atoms with Gasteiger partial charge in [-0.15, -0.1) is 0 Å². The number of aldehydes is 1.